The number of methoxy groups -OCH3 is 1. The average Bonchev–Trinajstić information content (AvgIpc) is 2.50. The summed E-state index contributed by atoms with van der Waals surface area (Å²) in [5, 5.41) is 2.55. The van der Waals surface area contributed by atoms with Gasteiger partial charge in [0.1, 0.15) is 5.75 Å². The Morgan fingerprint density at radius 2 is 2.18 bits per heavy atom. The van der Waals surface area contributed by atoms with E-state index in [1.807, 2.05) is 12.1 Å². The number of hydrogen-bond acceptors (Lipinski definition) is 4. The summed E-state index contributed by atoms with van der Waals surface area (Å²) in [5.74, 6) is -0.353. The standard InChI is InChI=1S/C16H18BrNO4/c1-4-9-18-16(20)11(2)22-15(19)8-5-12-10-13(17)6-7-14(12)21-3/h4-8,10-11H,1,9H2,2-3H3,(H,18,20)/b8-5+/t11-/m0/s1. The van der Waals surface area contributed by atoms with E-state index in [2.05, 4.69) is 27.8 Å². The number of halogens is 1. The highest BCUT2D eigenvalue weighted by molar-refractivity contribution is 9.10. The van der Waals surface area contributed by atoms with Gasteiger partial charge in [0, 0.05) is 22.7 Å². The Balaban J connectivity index is 2.66. The monoisotopic (exact) mass is 367 g/mol. The summed E-state index contributed by atoms with van der Waals surface area (Å²) in [4.78, 5) is 23.3. The zero-order chi connectivity index (χ0) is 16.5. The number of carbonyl (C=O) groups is 2. The molecule has 0 bridgehead atoms. The zero-order valence-corrected chi connectivity index (χ0v) is 14.1. The highest BCUT2D eigenvalue weighted by Gasteiger charge is 2.15. The predicted octanol–water partition coefficient (Wildman–Crippen LogP) is 2.70. The van der Waals surface area contributed by atoms with Crippen LogP contribution in [-0.4, -0.2) is 31.6 Å². The van der Waals surface area contributed by atoms with Crippen LogP contribution in [0.3, 0.4) is 0 Å². The van der Waals surface area contributed by atoms with Gasteiger partial charge in [0.25, 0.3) is 5.91 Å². The molecule has 1 amide bonds. The Morgan fingerprint density at radius 3 is 2.82 bits per heavy atom. The molecule has 0 aliphatic heterocycles. The Morgan fingerprint density at radius 1 is 1.45 bits per heavy atom. The third kappa shape index (κ3) is 5.73. The Kier molecular flexibility index (Phi) is 7.39. The fraction of sp³-hybridized carbons (Fsp3) is 0.250. The topological polar surface area (TPSA) is 64.6 Å². The van der Waals surface area contributed by atoms with Crippen molar-refractivity contribution in [1.82, 2.24) is 5.32 Å². The summed E-state index contributed by atoms with van der Waals surface area (Å²) < 4.78 is 11.1. The van der Waals surface area contributed by atoms with Crippen molar-refractivity contribution in [3.05, 3.63) is 47.0 Å². The highest BCUT2D eigenvalue weighted by atomic mass is 79.9. The van der Waals surface area contributed by atoms with Crippen LogP contribution in [0.2, 0.25) is 0 Å². The maximum absolute atomic E-state index is 11.7. The summed E-state index contributed by atoms with van der Waals surface area (Å²) in [7, 11) is 1.55. The maximum atomic E-state index is 11.7. The first-order valence-electron chi connectivity index (χ1n) is 6.58. The van der Waals surface area contributed by atoms with Crippen molar-refractivity contribution >= 4 is 33.9 Å². The van der Waals surface area contributed by atoms with Gasteiger partial charge in [0.05, 0.1) is 7.11 Å². The van der Waals surface area contributed by atoms with Crippen molar-refractivity contribution in [3.8, 4) is 5.75 Å². The van der Waals surface area contributed by atoms with Crippen LogP contribution in [0, 0.1) is 0 Å². The first-order valence-corrected chi connectivity index (χ1v) is 7.38. The minimum Gasteiger partial charge on any atom is -0.496 e. The summed E-state index contributed by atoms with van der Waals surface area (Å²) in [5.41, 5.74) is 0.720. The fourth-order valence-electron chi connectivity index (χ4n) is 1.58. The van der Waals surface area contributed by atoms with Crippen LogP contribution >= 0.6 is 15.9 Å². The van der Waals surface area contributed by atoms with E-state index in [1.54, 1.807) is 25.3 Å². The minimum absolute atomic E-state index is 0.325. The van der Waals surface area contributed by atoms with Crippen LogP contribution in [-0.2, 0) is 14.3 Å². The number of esters is 1. The van der Waals surface area contributed by atoms with Gasteiger partial charge >= 0.3 is 5.97 Å². The van der Waals surface area contributed by atoms with Crippen LogP contribution in [0.5, 0.6) is 5.75 Å². The molecule has 0 aromatic heterocycles. The van der Waals surface area contributed by atoms with Gasteiger partial charge in [-0.15, -0.1) is 6.58 Å². The van der Waals surface area contributed by atoms with Gasteiger partial charge in [-0.3, -0.25) is 4.79 Å². The zero-order valence-electron chi connectivity index (χ0n) is 12.5. The number of benzene rings is 1. The second-order valence-corrected chi connectivity index (χ2v) is 5.25. The number of nitrogens with one attached hydrogen (secondary N) is 1. The van der Waals surface area contributed by atoms with Gasteiger partial charge in [-0.05, 0) is 31.2 Å². The number of amides is 1. The van der Waals surface area contributed by atoms with Crippen LogP contribution < -0.4 is 10.1 Å². The lowest BCUT2D eigenvalue weighted by molar-refractivity contribution is -0.150. The average molecular weight is 368 g/mol. The summed E-state index contributed by atoms with van der Waals surface area (Å²) in [6, 6.07) is 5.42. The van der Waals surface area contributed by atoms with Gasteiger partial charge in [-0.2, -0.15) is 0 Å². The lowest BCUT2D eigenvalue weighted by Gasteiger charge is -2.11. The van der Waals surface area contributed by atoms with Gasteiger partial charge < -0.3 is 14.8 Å². The molecule has 5 nitrogen and oxygen atoms in total. The van der Waals surface area contributed by atoms with E-state index in [0.717, 1.165) is 10.0 Å². The Labute approximate surface area is 138 Å². The van der Waals surface area contributed by atoms with Crippen molar-refractivity contribution in [3.63, 3.8) is 0 Å². The Bertz CT molecular complexity index is 584. The summed E-state index contributed by atoms with van der Waals surface area (Å²) >= 11 is 3.35. The van der Waals surface area contributed by atoms with E-state index in [1.165, 1.54) is 13.0 Å². The van der Waals surface area contributed by atoms with Gasteiger partial charge in [-0.1, -0.05) is 22.0 Å². The molecule has 1 N–H and O–H groups in total. The fourth-order valence-corrected chi connectivity index (χ4v) is 1.96. The number of carbonyl (C=O) groups excluding carboxylic acids is 2. The molecule has 0 fully saturated rings. The molecule has 1 rings (SSSR count). The quantitative estimate of drug-likeness (QED) is 0.457. The molecular formula is C16H18BrNO4. The van der Waals surface area contributed by atoms with Crippen molar-refractivity contribution in [2.24, 2.45) is 0 Å². The molecule has 22 heavy (non-hydrogen) atoms. The first kappa shape index (κ1) is 18.0. The molecule has 0 aliphatic rings. The van der Waals surface area contributed by atoms with Crippen LogP contribution in [0.4, 0.5) is 0 Å². The van der Waals surface area contributed by atoms with E-state index in [-0.39, 0.29) is 5.91 Å². The van der Waals surface area contributed by atoms with Crippen LogP contribution in [0.15, 0.2) is 41.4 Å². The second-order valence-electron chi connectivity index (χ2n) is 4.33. The van der Waals surface area contributed by atoms with Crippen LogP contribution in [0.25, 0.3) is 6.08 Å². The van der Waals surface area contributed by atoms with E-state index in [9.17, 15) is 9.59 Å². The van der Waals surface area contributed by atoms with Crippen molar-refractivity contribution < 1.29 is 19.1 Å². The van der Waals surface area contributed by atoms with Gasteiger partial charge in [0.2, 0.25) is 0 Å². The molecule has 0 heterocycles. The molecule has 118 valence electrons. The first-order chi connectivity index (χ1) is 10.5. The molecule has 6 heteroatoms. The Hall–Kier alpha value is -2.08. The molecule has 1 aromatic carbocycles. The van der Waals surface area contributed by atoms with Crippen LogP contribution in [0.1, 0.15) is 12.5 Å². The molecule has 0 spiro atoms. The number of rotatable bonds is 7. The van der Waals surface area contributed by atoms with Crippen molar-refractivity contribution in [1.29, 1.82) is 0 Å². The molecule has 1 aromatic rings. The largest absolute Gasteiger partial charge is 0.496 e. The predicted molar refractivity (Wildman–Crippen MR) is 88.5 cm³/mol. The molecule has 0 aliphatic carbocycles. The van der Waals surface area contributed by atoms with Crippen molar-refractivity contribution in [2.45, 2.75) is 13.0 Å². The van der Waals surface area contributed by atoms with E-state index in [4.69, 9.17) is 9.47 Å². The van der Waals surface area contributed by atoms with E-state index >= 15 is 0 Å². The lowest BCUT2D eigenvalue weighted by atomic mass is 10.2. The van der Waals surface area contributed by atoms with E-state index < -0.39 is 12.1 Å². The molecule has 0 saturated heterocycles. The normalized spacial score (nSPS) is 11.8. The van der Waals surface area contributed by atoms with Crippen molar-refractivity contribution in [2.75, 3.05) is 13.7 Å². The lowest BCUT2D eigenvalue weighted by Crippen LogP contribution is -2.35. The third-order valence-corrected chi connectivity index (χ3v) is 3.17. The van der Waals surface area contributed by atoms with Gasteiger partial charge in [0.15, 0.2) is 6.10 Å². The van der Waals surface area contributed by atoms with Gasteiger partial charge in [-0.25, -0.2) is 4.79 Å². The maximum Gasteiger partial charge on any atom is 0.331 e. The second kappa shape index (κ2) is 9.04. The SMILES string of the molecule is C=CCNC(=O)[C@H](C)OC(=O)/C=C/c1cc(Br)ccc1OC. The molecule has 0 unspecified atom stereocenters. The molecule has 0 saturated carbocycles. The molecular weight excluding hydrogens is 350 g/mol. The molecule has 0 radical (unpaired) electrons. The smallest absolute Gasteiger partial charge is 0.331 e. The minimum atomic E-state index is -0.874. The van der Waals surface area contributed by atoms with E-state index in [0.29, 0.717) is 12.3 Å². The number of ether oxygens (including phenoxy) is 2. The molecule has 1 atom stereocenters. The summed E-state index contributed by atoms with van der Waals surface area (Å²) in [6.07, 6.45) is 3.50. The highest BCUT2D eigenvalue weighted by Crippen LogP contribution is 2.24. The third-order valence-electron chi connectivity index (χ3n) is 2.67. The summed E-state index contributed by atoms with van der Waals surface area (Å²) in [6.45, 7) is 5.32. The number of hydrogen-bond donors (Lipinski definition) is 1.